The van der Waals surface area contributed by atoms with Gasteiger partial charge in [-0.15, -0.1) is 0 Å². The summed E-state index contributed by atoms with van der Waals surface area (Å²) < 4.78 is 10.9. The van der Waals surface area contributed by atoms with E-state index in [4.69, 9.17) is 19.4 Å². The van der Waals surface area contributed by atoms with Crippen LogP contribution in [0.15, 0.2) is 30.3 Å². The fourth-order valence-electron chi connectivity index (χ4n) is 4.01. The molecular weight excluding hydrogens is 362 g/mol. The van der Waals surface area contributed by atoms with Gasteiger partial charge in [0.1, 0.15) is 11.6 Å². The molecule has 0 amide bonds. The molecular formula is C24H29N3O2. The van der Waals surface area contributed by atoms with Gasteiger partial charge in [-0.3, -0.25) is 0 Å². The van der Waals surface area contributed by atoms with E-state index in [2.05, 4.69) is 51.8 Å². The number of ether oxygens (including phenoxy) is 2. The highest BCUT2D eigenvalue weighted by molar-refractivity contribution is 5.75. The maximum Gasteiger partial charge on any atom is 0.161 e. The summed E-state index contributed by atoms with van der Waals surface area (Å²) in [5, 5.41) is 0. The Morgan fingerprint density at radius 3 is 2.00 bits per heavy atom. The van der Waals surface area contributed by atoms with Gasteiger partial charge in [-0.05, 0) is 63.9 Å². The van der Waals surface area contributed by atoms with Crippen LogP contribution in [0.1, 0.15) is 28.1 Å². The predicted octanol–water partition coefficient (Wildman–Crippen LogP) is 5.47. The number of benzene rings is 2. The Balaban J connectivity index is 2.16. The minimum absolute atomic E-state index is 0.681. The van der Waals surface area contributed by atoms with E-state index in [-0.39, 0.29) is 0 Å². The Hall–Kier alpha value is -3.08. The highest BCUT2D eigenvalue weighted by atomic mass is 16.5. The number of aryl methyl sites for hydroxylation is 4. The van der Waals surface area contributed by atoms with Crippen LogP contribution in [0.25, 0.3) is 11.3 Å². The highest BCUT2D eigenvalue weighted by Crippen LogP contribution is 2.37. The Bertz CT molecular complexity index is 1040. The first kappa shape index (κ1) is 20.6. The van der Waals surface area contributed by atoms with Crippen molar-refractivity contribution in [3.8, 4) is 22.8 Å². The molecule has 0 radical (unpaired) electrons. The Labute approximate surface area is 173 Å². The third-order valence-corrected chi connectivity index (χ3v) is 5.18. The molecule has 0 saturated heterocycles. The quantitative estimate of drug-likeness (QED) is 0.577. The van der Waals surface area contributed by atoms with Crippen molar-refractivity contribution >= 4 is 11.5 Å². The summed E-state index contributed by atoms with van der Waals surface area (Å²) in [6, 6.07) is 10.3. The van der Waals surface area contributed by atoms with Crippen molar-refractivity contribution in [3.05, 3.63) is 58.4 Å². The summed E-state index contributed by atoms with van der Waals surface area (Å²) in [5.74, 6) is 3.01. The molecule has 3 aromatic rings. The average molecular weight is 392 g/mol. The maximum absolute atomic E-state index is 5.48. The van der Waals surface area contributed by atoms with Crippen molar-refractivity contribution in [3.63, 3.8) is 0 Å². The van der Waals surface area contributed by atoms with Crippen LogP contribution in [0.3, 0.4) is 0 Å². The van der Waals surface area contributed by atoms with E-state index < -0.39 is 0 Å². The molecule has 0 N–H and O–H groups in total. The first-order valence-electron chi connectivity index (χ1n) is 9.66. The minimum atomic E-state index is 0.681. The van der Waals surface area contributed by atoms with E-state index in [1.165, 1.54) is 22.4 Å². The molecule has 0 spiro atoms. The second kappa shape index (κ2) is 8.11. The van der Waals surface area contributed by atoms with Crippen LogP contribution in [0.4, 0.5) is 11.5 Å². The van der Waals surface area contributed by atoms with Crippen molar-refractivity contribution < 1.29 is 9.47 Å². The van der Waals surface area contributed by atoms with E-state index in [1.807, 2.05) is 25.1 Å². The monoisotopic (exact) mass is 391 g/mol. The molecule has 2 aromatic carbocycles. The molecule has 1 heterocycles. The van der Waals surface area contributed by atoms with E-state index in [9.17, 15) is 0 Å². The maximum atomic E-state index is 5.48. The SMILES string of the molecule is COc1ccc(-c2nc(C)nc(N(C)c3c(C)cc(C)cc3C)c2C)cc1OC. The van der Waals surface area contributed by atoms with E-state index in [0.717, 1.165) is 28.5 Å². The van der Waals surface area contributed by atoms with Gasteiger partial charge >= 0.3 is 0 Å². The smallest absolute Gasteiger partial charge is 0.161 e. The number of rotatable bonds is 5. The fourth-order valence-corrected chi connectivity index (χ4v) is 4.01. The molecule has 0 saturated carbocycles. The van der Waals surface area contributed by atoms with E-state index in [0.29, 0.717) is 11.5 Å². The molecule has 0 aliphatic heterocycles. The molecule has 0 atom stereocenters. The van der Waals surface area contributed by atoms with Gasteiger partial charge in [-0.2, -0.15) is 0 Å². The van der Waals surface area contributed by atoms with Gasteiger partial charge in [-0.1, -0.05) is 17.7 Å². The molecule has 3 rings (SSSR count). The lowest BCUT2D eigenvalue weighted by molar-refractivity contribution is 0.355. The summed E-state index contributed by atoms with van der Waals surface area (Å²) in [5.41, 5.74) is 7.78. The summed E-state index contributed by atoms with van der Waals surface area (Å²) in [6.07, 6.45) is 0. The second-order valence-corrected chi connectivity index (χ2v) is 7.44. The van der Waals surface area contributed by atoms with E-state index in [1.54, 1.807) is 14.2 Å². The van der Waals surface area contributed by atoms with Gasteiger partial charge in [0.15, 0.2) is 11.5 Å². The standard InChI is InChI=1S/C24H29N3O2/c1-14-11-15(2)23(16(3)12-14)27(6)24-17(4)22(25-18(5)26-24)19-9-10-20(28-7)21(13-19)29-8/h9-13H,1-8H3. The number of aromatic nitrogens is 2. The van der Waals surface area contributed by atoms with E-state index >= 15 is 0 Å². The Kier molecular flexibility index (Phi) is 5.78. The topological polar surface area (TPSA) is 47.5 Å². The number of nitrogens with zero attached hydrogens (tertiary/aromatic N) is 3. The van der Waals surface area contributed by atoms with Crippen molar-refractivity contribution in [2.45, 2.75) is 34.6 Å². The van der Waals surface area contributed by atoms with Crippen molar-refractivity contribution in [2.24, 2.45) is 0 Å². The molecule has 0 aliphatic carbocycles. The second-order valence-electron chi connectivity index (χ2n) is 7.44. The third-order valence-electron chi connectivity index (χ3n) is 5.18. The average Bonchev–Trinajstić information content (AvgIpc) is 2.68. The summed E-state index contributed by atoms with van der Waals surface area (Å²) in [7, 11) is 5.34. The molecule has 0 aliphatic rings. The van der Waals surface area contributed by atoms with Gasteiger partial charge < -0.3 is 14.4 Å². The first-order chi connectivity index (χ1) is 13.8. The van der Waals surface area contributed by atoms with Gasteiger partial charge in [0.2, 0.25) is 0 Å². The van der Waals surface area contributed by atoms with Crippen LogP contribution in [0, 0.1) is 34.6 Å². The lowest BCUT2D eigenvalue weighted by atomic mass is 10.0. The molecule has 0 bridgehead atoms. The fraction of sp³-hybridized carbons (Fsp3) is 0.333. The first-order valence-corrected chi connectivity index (χ1v) is 9.66. The number of hydrogen-bond acceptors (Lipinski definition) is 5. The zero-order valence-corrected chi connectivity index (χ0v) is 18.5. The van der Waals surface area contributed by atoms with Crippen LogP contribution in [-0.2, 0) is 0 Å². The highest BCUT2D eigenvalue weighted by Gasteiger charge is 2.19. The Morgan fingerprint density at radius 2 is 1.41 bits per heavy atom. The van der Waals surface area contributed by atoms with Crippen LogP contribution < -0.4 is 14.4 Å². The lowest BCUT2D eigenvalue weighted by Gasteiger charge is -2.26. The minimum Gasteiger partial charge on any atom is -0.493 e. The summed E-state index contributed by atoms with van der Waals surface area (Å²) >= 11 is 0. The molecule has 152 valence electrons. The normalized spacial score (nSPS) is 10.8. The third kappa shape index (κ3) is 3.90. The Morgan fingerprint density at radius 1 is 0.793 bits per heavy atom. The number of hydrogen-bond donors (Lipinski definition) is 0. The zero-order chi connectivity index (χ0) is 21.3. The summed E-state index contributed by atoms with van der Waals surface area (Å²) in [6.45, 7) is 10.4. The van der Waals surface area contributed by atoms with Crippen molar-refractivity contribution in [1.29, 1.82) is 0 Å². The van der Waals surface area contributed by atoms with Crippen LogP contribution in [0.2, 0.25) is 0 Å². The van der Waals surface area contributed by atoms with Crippen LogP contribution in [-0.4, -0.2) is 31.2 Å². The van der Waals surface area contributed by atoms with Gasteiger partial charge in [0.05, 0.1) is 19.9 Å². The molecule has 0 unspecified atom stereocenters. The van der Waals surface area contributed by atoms with Gasteiger partial charge in [-0.25, -0.2) is 9.97 Å². The van der Waals surface area contributed by atoms with Crippen LogP contribution >= 0.6 is 0 Å². The van der Waals surface area contributed by atoms with Gasteiger partial charge in [0.25, 0.3) is 0 Å². The zero-order valence-electron chi connectivity index (χ0n) is 18.5. The molecule has 0 fully saturated rings. The van der Waals surface area contributed by atoms with Gasteiger partial charge in [0, 0.05) is 23.9 Å². The van der Waals surface area contributed by atoms with Crippen LogP contribution in [0.5, 0.6) is 11.5 Å². The van der Waals surface area contributed by atoms with Crippen molar-refractivity contribution in [1.82, 2.24) is 9.97 Å². The van der Waals surface area contributed by atoms with Crippen molar-refractivity contribution in [2.75, 3.05) is 26.2 Å². The lowest BCUT2D eigenvalue weighted by Crippen LogP contribution is -2.17. The summed E-state index contributed by atoms with van der Waals surface area (Å²) in [4.78, 5) is 11.7. The molecule has 5 heteroatoms. The number of methoxy groups -OCH3 is 2. The molecule has 1 aromatic heterocycles. The molecule has 5 nitrogen and oxygen atoms in total. The predicted molar refractivity (Wildman–Crippen MR) is 119 cm³/mol. The largest absolute Gasteiger partial charge is 0.493 e. The molecule has 29 heavy (non-hydrogen) atoms. The number of anilines is 2.